The fourth-order valence-corrected chi connectivity index (χ4v) is 4.29. The Kier molecular flexibility index (Phi) is 8.42. The summed E-state index contributed by atoms with van der Waals surface area (Å²) in [5.41, 5.74) is 1.36. The van der Waals surface area contributed by atoms with Crippen molar-refractivity contribution in [3.8, 4) is 17.2 Å². The highest BCUT2D eigenvalue weighted by Gasteiger charge is 2.33. The zero-order valence-electron chi connectivity index (χ0n) is 21.8. The van der Waals surface area contributed by atoms with Crippen molar-refractivity contribution >= 4 is 17.6 Å². The van der Waals surface area contributed by atoms with Crippen LogP contribution in [0.1, 0.15) is 67.2 Å². The minimum Gasteiger partial charge on any atom is -0.507 e. The molecule has 0 aliphatic carbocycles. The van der Waals surface area contributed by atoms with Gasteiger partial charge in [0.1, 0.15) is 11.6 Å². The Labute approximate surface area is 215 Å². The monoisotopic (exact) mass is 515 g/mol. The average molecular weight is 516 g/mol. The predicted molar refractivity (Wildman–Crippen MR) is 136 cm³/mol. The van der Waals surface area contributed by atoms with E-state index in [9.17, 15) is 14.7 Å². The van der Waals surface area contributed by atoms with E-state index in [1.165, 1.54) is 11.0 Å². The molecule has 0 amide bonds. The molecule has 0 saturated heterocycles. The van der Waals surface area contributed by atoms with Gasteiger partial charge in [0.2, 0.25) is 0 Å². The molecule has 0 aromatic heterocycles. The van der Waals surface area contributed by atoms with Gasteiger partial charge in [-0.3, -0.25) is 15.0 Å². The Morgan fingerprint density at radius 1 is 1.16 bits per heavy atom. The van der Waals surface area contributed by atoms with Crippen LogP contribution in [0.3, 0.4) is 0 Å². The molecular weight excluding hydrogens is 481 g/mol. The third kappa shape index (κ3) is 6.02. The highest BCUT2D eigenvalue weighted by Crippen LogP contribution is 2.39. The Morgan fingerprint density at radius 2 is 1.84 bits per heavy atom. The lowest BCUT2D eigenvalue weighted by atomic mass is 9.83. The van der Waals surface area contributed by atoms with Crippen LogP contribution < -0.4 is 14.8 Å². The van der Waals surface area contributed by atoms with Crippen LogP contribution in [0.5, 0.6) is 17.2 Å². The first-order valence-corrected chi connectivity index (χ1v) is 12.2. The number of phenols is 1. The highest BCUT2D eigenvalue weighted by atomic mass is 19.1. The van der Waals surface area contributed by atoms with E-state index in [0.717, 1.165) is 0 Å². The second-order valence-corrected chi connectivity index (χ2v) is 9.82. The molecule has 0 saturated carbocycles. The maximum Gasteiger partial charge on any atom is 0.317 e. The maximum absolute atomic E-state index is 15.4. The standard InChI is InChI=1S/C27H34FN3O6/c1-6-36-20-10-17-13-31(26(29)22(17)23(28)25(20)37-7-2)14-19(32)15-8-16(11-30-12-21(33)34)24(35)18(9-15)27(3,4)5/h8-10,29-30,35H,6-7,11-14H2,1-5H3,(H,33,34). The maximum atomic E-state index is 15.4. The van der Waals surface area contributed by atoms with E-state index < -0.39 is 17.2 Å². The molecular formula is C27H34FN3O6. The lowest BCUT2D eigenvalue weighted by molar-refractivity contribution is -0.136. The largest absolute Gasteiger partial charge is 0.507 e. The summed E-state index contributed by atoms with van der Waals surface area (Å²) in [5, 5.41) is 31.0. The van der Waals surface area contributed by atoms with Crippen molar-refractivity contribution in [3.05, 3.63) is 51.8 Å². The molecule has 37 heavy (non-hydrogen) atoms. The van der Waals surface area contributed by atoms with Gasteiger partial charge < -0.3 is 29.9 Å². The summed E-state index contributed by atoms with van der Waals surface area (Å²) in [5.74, 6) is -1.96. The van der Waals surface area contributed by atoms with E-state index in [-0.39, 0.29) is 67.2 Å². The minimum atomic E-state index is -1.04. The summed E-state index contributed by atoms with van der Waals surface area (Å²) in [7, 11) is 0. The molecule has 4 N–H and O–H groups in total. The van der Waals surface area contributed by atoms with E-state index in [1.807, 2.05) is 20.8 Å². The Bertz CT molecular complexity index is 1220. The molecule has 0 atom stereocenters. The minimum absolute atomic E-state index is 0.00256. The first kappa shape index (κ1) is 27.9. The SMILES string of the molecule is CCOc1cc2c(c(F)c1OCC)C(=N)N(CC(=O)c1cc(CNCC(=O)O)c(O)c(C(C)(C)C)c1)C2. The van der Waals surface area contributed by atoms with Crippen LogP contribution in [0.25, 0.3) is 0 Å². The van der Waals surface area contributed by atoms with Crippen molar-refractivity contribution in [1.82, 2.24) is 10.2 Å². The molecule has 0 unspecified atom stereocenters. The van der Waals surface area contributed by atoms with Crippen LogP contribution in [0, 0.1) is 11.2 Å². The number of Topliss-reactive ketones (excluding diaryl/α,β-unsaturated/α-hetero) is 1. The van der Waals surface area contributed by atoms with Gasteiger partial charge in [0, 0.05) is 29.8 Å². The van der Waals surface area contributed by atoms with Gasteiger partial charge in [0.25, 0.3) is 0 Å². The summed E-state index contributed by atoms with van der Waals surface area (Å²) >= 11 is 0. The quantitative estimate of drug-likeness (QED) is 0.332. The molecule has 2 aromatic rings. The molecule has 0 bridgehead atoms. The number of nitrogens with one attached hydrogen (secondary N) is 2. The fourth-order valence-electron chi connectivity index (χ4n) is 4.29. The van der Waals surface area contributed by atoms with Crippen molar-refractivity contribution in [2.24, 2.45) is 0 Å². The number of ether oxygens (including phenoxy) is 2. The highest BCUT2D eigenvalue weighted by molar-refractivity contribution is 6.06. The van der Waals surface area contributed by atoms with E-state index >= 15 is 4.39 Å². The number of aromatic hydroxyl groups is 1. The Hall–Kier alpha value is -3.66. The van der Waals surface area contributed by atoms with Gasteiger partial charge in [-0.15, -0.1) is 0 Å². The molecule has 1 aliphatic heterocycles. The van der Waals surface area contributed by atoms with E-state index in [4.69, 9.17) is 20.0 Å². The molecule has 3 rings (SSSR count). The number of aliphatic carboxylic acids is 1. The van der Waals surface area contributed by atoms with Crippen LogP contribution in [0.4, 0.5) is 4.39 Å². The zero-order chi connectivity index (χ0) is 27.5. The summed E-state index contributed by atoms with van der Waals surface area (Å²) in [4.78, 5) is 25.7. The molecule has 9 nitrogen and oxygen atoms in total. The number of ketones is 1. The van der Waals surface area contributed by atoms with E-state index in [0.29, 0.717) is 28.9 Å². The molecule has 0 radical (unpaired) electrons. The normalized spacial score (nSPS) is 13.0. The second-order valence-electron chi connectivity index (χ2n) is 9.82. The van der Waals surface area contributed by atoms with Gasteiger partial charge in [-0.05, 0) is 43.0 Å². The molecule has 10 heteroatoms. The number of carbonyl (C=O) groups excluding carboxylic acids is 1. The zero-order valence-corrected chi connectivity index (χ0v) is 21.8. The van der Waals surface area contributed by atoms with Crippen molar-refractivity contribution in [3.63, 3.8) is 0 Å². The number of benzene rings is 2. The van der Waals surface area contributed by atoms with Gasteiger partial charge >= 0.3 is 5.97 Å². The number of rotatable bonds is 11. The summed E-state index contributed by atoms with van der Waals surface area (Å²) in [6.07, 6.45) is 0. The Balaban J connectivity index is 1.91. The van der Waals surface area contributed by atoms with Crippen molar-refractivity contribution < 1.29 is 33.7 Å². The van der Waals surface area contributed by atoms with Crippen LogP contribution in [0.2, 0.25) is 0 Å². The number of nitrogens with zero attached hydrogens (tertiary/aromatic N) is 1. The van der Waals surface area contributed by atoms with Crippen LogP contribution in [-0.4, -0.2) is 59.0 Å². The van der Waals surface area contributed by atoms with Gasteiger partial charge in [-0.2, -0.15) is 0 Å². The number of hydrogen-bond donors (Lipinski definition) is 4. The van der Waals surface area contributed by atoms with Gasteiger partial charge in [-0.1, -0.05) is 20.8 Å². The molecule has 0 spiro atoms. The number of hydrogen-bond acceptors (Lipinski definition) is 7. The van der Waals surface area contributed by atoms with Gasteiger partial charge in [0.15, 0.2) is 23.1 Å². The fraction of sp³-hybridized carbons (Fsp3) is 0.444. The average Bonchev–Trinajstić information content (AvgIpc) is 3.11. The number of phenolic OH excluding ortho intramolecular Hbond substituents is 1. The molecule has 2 aromatic carbocycles. The number of carboxylic acids is 1. The Morgan fingerprint density at radius 3 is 2.43 bits per heavy atom. The summed E-state index contributed by atoms with van der Waals surface area (Å²) in [6.45, 7) is 9.47. The van der Waals surface area contributed by atoms with Crippen molar-refractivity contribution in [2.45, 2.75) is 53.1 Å². The molecule has 200 valence electrons. The molecule has 1 heterocycles. The topological polar surface area (TPSA) is 132 Å². The lowest BCUT2D eigenvalue weighted by Gasteiger charge is -2.24. The van der Waals surface area contributed by atoms with Crippen molar-refractivity contribution in [1.29, 1.82) is 5.41 Å². The first-order valence-electron chi connectivity index (χ1n) is 12.2. The van der Waals surface area contributed by atoms with Crippen LogP contribution in [0.15, 0.2) is 18.2 Å². The molecule has 0 fully saturated rings. The lowest BCUT2D eigenvalue weighted by Crippen LogP contribution is -2.31. The second kappa shape index (κ2) is 11.2. The third-order valence-electron chi connectivity index (χ3n) is 6.02. The van der Waals surface area contributed by atoms with Crippen LogP contribution in [-0.2, 0) is 23.3 Å². The predicted octanol–water partition coefficient (Wildman–Crippen LogP) is 3.82. The first-order chi connectivity index (χ1) is 17.4. The molecule has 1 aliphatic rings. The van der Waals surface area contributed by atoms with Crippen molar-refractivity contribution in [2.75, 3.05) is 26.3 Å². The van der Waals surface area contributed by atoms with Crippen LogP contribution >= 0.6 is 0 Å². The van der Waals surface area contributed by atoms with Gasteiger partial charge in [-0.25, -0.2) is 4.39 Å². The summed E-state index contributed by atoms with van der Waals surface area (Å²) < 4.78 is 26.3. The van der Waals surface area contributed by atoms with Gasteiger partial charge in [0.05, 0.1) is 31.9 Å². The smallest absolute Gasteiger partial charge is 0.317 e. The number of carboxylic acid groups (broad SMARTS) is 1. The number of amidine groups is 1. The third-order valence-corrected chi connectivity index (χ3v) is 6.02. The number of carbonyl (C=O) groups is 2. The number of halogens is 1. The summed E-state index contributed by atoms with van der Waals surface area (Å²) in [6, 6.07) is 4.79. The number of fused-ring (bicyclic) bond motifs is 1. The van der Waals surface area contributed by atoms with E-state index in [1.54, 1.807) is 26.0 Å². The van der Waals surface area contributed by atoms with E-state index in [2.05, 4.69) is 5.32 Å².